The Balaban J connectivity index is 2.42. The molecule has 1 rings (SSSR count). The van der Waals surface area contributed by atoms with E-state index in [2.05, 4.69) is 5.32 Å². The monoisotopic (exact) mass is 283 g/mol. The van der Waals surface area contributed by atoms with E-state index in [0.29, 0.717) is 12.8 Å². The van der Waals surface area contributed by atoms with Gasteiger partial charge in [-0.2, -0.15) is 0 Å². The number of ketones is 1. The smallest absolute Gasteiger partial charge is 0.326 e. The van der Waals surface area contributed by atoms with Crippen LogP contribution < -0.4 is 5.32 Å². The van der Waals surface area contributed by atoms with Crippen molar-refractivity contribution in [3.05, 3.63) is 22.4 Å². The number of carboxylic acid groups (broad SMARTS) is 1. The van der Waals surface area contributed by atoms with Crippen LogP contribution in [0.1, 0.15) is 31.1 Å². The maximum atomic E-state index is 11.6. The maximum absolute atomic E-state index is 11.6. The standard InChI is InChI=1S/C13H17NO4S/c1-9(15)4-2-6-12(16)14-11(13(17)18)8-10-5-3-7-19-10/h3,5,7,11H,2,4,6,8H2,1H3,(H,14,16)(H,17,18). The first-order chi connectivity index (χ1) is 8.99. The number of Topliss-reactive ketones (excluding diaryl/α,β-unsaturated/α-hetero) is 1. The lowest BCUT2D eigenvalue weighted by Crippen LogP contribution is -2.42. The second-order valence-electron chi connectivity index (χ2n) is 4.30. The van der Waals surface area contributed by atoms with Crippen LogP contribution in [-0.4, -0.2) is 28.8 Å². The summed E-state index contributed by atoms with van der Waals surface area (Å²) in [5.74, 6) is -1.35. The van der Waals surface area contributed by atoms with Gasteiger partial charge < -0.3 is 15.2 Å². The Morgan fingerprint density at radius 2 is 2.11 bits per heavy atom. The van der Waals surface area contributed by atoms with Crippen molar-refractivity contribution in [3.63, 3.8) is 0 Å². The molecule has 0 saturated heterocycles. The van der Waals surface area contributed by atoms with E-state index in [9.17, 15) is 14.4 Å². The van der Waals surface area contributed by atoms with Crippen LogP contribution in [0.15, 0.2) is 17.5 Å². The van der Waals surface area contributed by atoms with Crippen LogP contribution in [0, 0.1) is 0 Å². The third-order valence-corrected chi connectivity index (χ3v) is 3.45. The Morgan fingerprint density at radius 1 is 1.37 bits per heavy atom. The molecule has 2 N–H and O–H groups in total. The van der Waals surface area contributed by atoms with E-state index in [-0.39, 0.29) is 24.5 Å². The summed E-state index contributed by atoms with van der Waals surface area (Å²) in [5, 5.41) is 13.4. The summed E-state index contributed by atoms with van der Waals surface area (Å²) in [6.45, 7) is 1.47. The number of hydrogen-bond acceptors (Lipinski definition) is 4. The lowest BCUT2D eigenvalue weighted by molar-refractivity contribution is -0.141. The van der Waals surface area contributed by atoms with Crippen molar-refractivity contribution in [2.45, 2.75) is 38.6 Å². The van der Waals surface area contributed by atoms with Gasteiger partial charge in [0.05, 0.1) is 0 Å². The number of aliphatic carboxylic acids is 1. The molecule has 0 spiro atoms. The molecule has 1 amide bonds. The molecule has 1 aromatic heterocycles. The summed E-state index contributed by atoms with van der Waals surface area (Å²) >= 11 is 1.46. The highest BCUT2D eigenvalue weighted by atomic mass is 32.1. The zero-order chi connectivity index (χ0) is 14.3. The number of nitrogens with one attached hydrogen (secondary N) is 1. The van der Waals surface area contributed by atoms with Crippen molar-refractivity contribution in [2.75, 3.05) is 0 Å². The van der Waals surface area contributed by atoms with Gasteiger partial charge in [-0.1, -0.05) is 6.07 Å². The first kappa shape index (κ1) is 15.4. The van der Waals surface area contributed by atoms with Gasteiger partial charge in [-0.25, -0.2) is 4.79 Å². The van der Waals surface area contributed by atoms with Gasteiger partial charge in [-0.3, -0.25) is 4.79 Å². The van der Waals surface area contributed by atoms with Gasteiger partial charge in [0.25, 0.3) is 0 Å². The average molecular weight is 283 g/mol. The molecule has 6 heteroatoms. The van der Waals surface area contributed by atoms with E-state index in [0.717, 1.165) is 4.88 Å². The topological polar surface area (TPSA) is 83.5 Å². The van der Waals surface area contributed by atoms with Crippen molar-refractivity contribution in [1.82, 2.24) is 5.32 Å². The van der Waals surface area contributed by atoms with E-state index in [4.69, 9.17) is 5.11 Å². The molecule has 0 radical (unpaired) electrons. The fraction of sp³-hybridized carbons (Fsp3) is 0.462. The van der Waals surface area contributed by atoms with Crippen LogP contribution in [0.2, 0.25) is 0 Å². The summed E-state index contributed by atoms with van der Waals surface area (Å²) in [6, 6.07) is 2.76. The average Bonchev–Trinajstić information content (AvgIpc) is 2.80. The zero-order valence-electron chi connectivity index (χ0n) is 10.7. The van der Waals surface area contributed by atoms with Gasteiger partial charge in [-0.05, 0) is 24.8 Å². The molecule has 1 aromatic rings. The first-order valence-corrected chi connectivity index (χ1v) is 6.91. The summed E-state index contributed by atoms with van der Waals surface area (Å²) in [7, 11) is 0. The Hall–Kier alpha value is -1.69. The number of carbonyl (C=O) groups is 3. The third kappa shape index (κ3) is 6.15. The van der Waals surface area contributed by atoms with E-state index in [1.54, 1.807) is 0 Å². The van der Waals surface area contributed by atoms with Crippen molar-refractivity contribution in [3.8, 4) is 0 Å². The second-order valence-corrected chi connectivity index (χ2v) is 5.33. The SMILES string of the molecule is CC(=O)CCCC(=O)NC(Cc1cccs1)C(=O)O. The van der Waals surface area contributed by atoms with Gasteiger partial charge >= 0.3 is 5.97 Å². The Labute approximate surface area is 115 Å². The summed E-state index contributed by atoms with van der Waals surface area (Å²) < 4.78 is 0. The molecule has 0 aromatic carbocycles. The molecule has 0 aliphatic carbocycles. The maximum Gasteiger partial charge on any atom is 0.326 e. The molecule has 0 saturated carbocycles. The second kappa shape index (κ2) is 7.68. The van der Waals surface area contributed by atoms with Crippen molar-refractivity contribution in [1.29, 1.82) is 0 Å². The molecule has 0 fully saturated rings. The van der Waals surface area contributed by atoms with Gasteiger partial charge in [0.1, 0.15) is 11.8 Å². The minimum absolute atomic E-state index is 0.0289. The highest BCUT2D eigenvalue weighted by Gasteiger charge is 2.20. The molecule has 1 atom stereocenters. The van der Waals surface area contributed by atoms with E-state index in [1.807, 2.05) is 17.5 Å². The summed E-state index contributed by atoms with van der Waals surface area (Å²) in [6.07, 6.45) is 1.25. The van der Waals surface area contributed by atoms with Crippen LogP contribution in [-0.2, 0) is 20.8 Å². The molecule has 104 valence electrons. The van der Waals surface area contributed by atoms with Crippen LogP contribution in [0.3, 0.4) is 0 Å². The Morgan fingerprint density at radius 3 is 2.63 bits per heavy atom. The number of hydrogen-bond donors (Lipinski definition) is 2. The van der Waals surface area contributed by atoms with Crippen molar-refractivity contribution < 1.29 is 19.5 Å². The minimum atomic E-state index is -1.05. The highest BCUT2D eigenvalue weighted by molar-refractivity contribution is 7.09. The van der Waals surface area contributed by atoms with E-state index < -0.39 is 12.0 Å². The van der Waals surface area contributed by atoms with Crippen molar-refractivity contribution in [2.24, 2.45) is 0 Å². The molecular formula is C13H17NO4S. The fourth-order valence-electron chi connectivity index (χ4n) is 1.59. The first-order valence-electron chi connectivity index (χ1n) is 6.03. The number of rotatable bonds is 8. The van der Waals surface area contributed by atoms with E-state index >= 15 is 0 Å². The van der Waals surface area contributed by atoms with Gasteiger partial charge in [0.2, 0.25) is 5.91 Å². The van der Waals surface area contributed by atoms with Crippen molar-refractivity contribution >= 4 is 29.0 Å². The van der Waals surface area contributed by atoms with Crippen LogP contribution >= 0.6 is 11.3 Å². The quantitative estimate of drug-likeness (QED) is 0.759. The summed E-state index contributed by atoms with van der Waals surface area (Å²) in [5.41, 5.74) is 0. The number of carbonyl (C=O) groups excluding carboxylic acids is 2. The van der Waals surface area contributed by atoms with Gasteiger partial charge in [0.15, 0.2) is 0 Å². The molecule has 0 bridgehead atoms. The van der Waals surface area contributed by atoms with E-state index in [1.165, 1.54) is 18.3 Å². The van der Waals surface area contributed by atoms with Crippen LogP contribution in [0.25, 0.3) is 0 Å². The van der Waals surface area contributed by atoms with Crippen LogP contribution in [0.5, 0.6) is 0 Å². The number of carboxylic acids is 1. The number of thiophene rings is 1. The Kier molecular flexibility index (Phi) is 6.21. The lowest BCUT2D eigenvalue weighted by atomic mass is 10.1. The number of amides is 1. The molecular weight excluding hydrogens is 266 g/mol. The predicted octanol–water partition coefficient (Wildman–Crippen LogP) is 1.62. The molecule has 5 nitrogen and oxygen atoms in total. The highest BCUT2D eigenvalue weighted by Crippen LogP contribution is 2.11. The molecule has 1 unspecified atom stereocenters. The summed E-state index contributed by atoms with van der Waals surface area (Å²) in [4.78, 5) is 34.3. The molecule has 19 heavy (non-hydrogen) atoms. The molecule has 1 heterocycles. The largest absolute Gasteiger partial charge is 0.480 e. The zero-order valence-corrected chi connectivity index (χ0v) is 11.5. The predicted molar refractivity (Wildman–Crippen MR) is 72.1 cm³/mol. The van der Waals surface area contributed by atoms with Gasteiger partial charge in [-0.15, -0.1) is 11.3 Å². The Bertz CT molecular complexity index is 442. The van der Waals surface area contributed by atoms with Crippen LogP contribution in [0.4, 0.5) is 0 Å². The lowest BCUT2D eigenvalue weighted by Gasteiger charge is -2.13. The fourth-order valence-corrected chi connectivity index (χ4v) is 2.35. The third-order valence-electron chi connectivity index (χ3n) is 2.55. The molecule has 0 aliphatic rings. The van der Waals surface area contributed by atoms with Gasteiger partial charge in [0, 0.05) is 24.1 Å². The normalized spacial score (nSPS) is 11.8. The molecule has 0 aliphatic heterocycles. The minimum Gasteiger partial charge on any atom is -0.480 e.